The predicted octanol–water partition coefficient (Wildman–Crippen LogP) is -8.66. The number of carbonyl (C=O) groups excluding carboxylic acids is 1. The van der Waals surface area contributed by atoms with Crippen molar-refractivity contribution >= 4 is 88.4 Å². The minimum Gasteiger partial charge on any atom is -0.509 e. The van der Waals surface area contributed by atoms with Crippen LogP contribution in [0.25, 0.3) is 0 Å². The van der Waals surface area contributed by atoms with Crippen LogP contribution >= 0.6 is 0 Å². The summed E-state index contributed by atoms with van der Waals surface area (Å²) in [6, 6.07) is 0. The highest BCUT2D eigenvalue weighted by Gasteiger charge is 2.23. The number of hydrogen-bond acceptors (Lipinski definition) is 2. The van der Waals surface area contributed by atoms with E-state index in [-0.39, 0.29) is 5.91 Å². The van der Waals surface area contributed by atoms with Gasteiger partial charge in [0.2, 0.25) is 5.91 Å². The smallest absolute Gasteiger partial charge is 0.207 e. The maximum Gasteiger partial charge on any atom is 0.207 e. The first-order valence-electron chi connectivity index (χ1n) is 6.18. The second-order valence-corrected chi connectivity index (χ2v) is 5.93. The van der Waals surface area contributed by atoms with Crippen LogP contribution in [0.3, 0.4) is 0 Å². The van der Waals surface area contributed by atoms with Crippen LogP contribution in [0.2, 0.25) is 5.11 Å². The molecule has 3 nitrogen and oxygen atoms in total. The molecule has 0 unspecified atom stereocenters. The zero-order valence-electron chi connectivity index (χ0n) is 12.4. The van der Waals surface area contributed by atoms with E-state index in [0.717, 1.165) is 27.5 Å². The number of benzene rings is 1. The van der Waals surface area contributed by atoms with E-state index < -0.39 is 5.11 Å². The maximum atomic E-state index is 12.1. The highest BCUT2D eigenvalue weighted by atomic mass is 16.3. The highest BCUT2D eigenvalue weighted by molar-refractivity contribution is 6.70. The summed E-state index contributed by atoms with van der Waals surface area (Å²) in [5.74, 6) is 0.303. The van der Waals surface area contributed by atoms with E-state index in [1.807, 2.05) is 54.9 Å². The maximum absolute atomic E-state index is 12.1. The lowest BCUT2D eigenvalue weighted by atomic mass is 9.42. The Bertz CT molecular complexity index is 482. The average Bonchev–Trinajstić information content (AvgIpc) is 2.28. The zero-order chi connectivity index (χ0) is 14.2. The molecule has 0 heterocycles. The van der Waals surface area contributed by atoms with E-state index in [0.29, 0.717) is 5.75 Å². The number of phenols is 1. The predicted molar refractivity (Wildman–Crippen MR) is 97.8 cm³/mol. The summed E-state index contributed by atoms with van der Waals surface area (Å²) in [6.07, 6.45) is 0. The molecule has 1 amide bonds. The lowest BCUT2D eigenvalue weighted by molar-refractivity contribution is -0.115. The largest absolute Gasteiger partial charge is 0.509 e. The Hall–Kier alpha value is -1.06. The summed E-state index contributed by atoms with van der Waals surface area (Å²) in [7, 11) is 13.2. The molecule has 0 aromatic heterocycles. The number of carbonyl (C=O) groups is 1. The van der Waals surface area contributed by atoms with Crippen molar-refractivity contribution in [2.75, 3.05) is 5.32 Å². The zero-order valence-corrected chi connectivity index (χ0v) is 12.4. The van der Waals surface area contributed by atoms with Crippen LogP contribution in [-0.2, 0) is 4.79 Å². The van der Waals surface area contributed by atoms with Crippen LogP contribution in [0, 0.1) is 0 Å². The molecule has 0 aliphatic rings. The minimum atomic E-state index is -0.432. The normalized spacial score (nSPS) is 11.1. The second-order valence-electron chi connectivity index (χ2n) is 5.93. The van der Waals surface area contributed by atoms with E-state index in [9.17, 15) is 9.90 Å². The monoisotopic (exact) mass is 235 g/mol. The standard InChI is InChI=1S/C8H16B7NO2/c9-1-3(11)6(17)4(12)2(10)5(1)16-7(18)8(13,14)15/h17H,9-15H2,(H,16,18). The van der Waals surface area contributed by atoms with Gasteiger partial charge >= 0.3 is 0 Å². The first-order valence-corrected chi connectivity index (χ1v) is 6.18. The molecule has 0 saturated carbocycles. The van der Waals surface area contributed by atoms with Gasteiger partial charge in [0.1, 0.15) is 60.7 Å². The Balaban J connectivity index is 3.31. The van der Waals surface area contributed by atoms with E-state index in [4.69, 9.17) is 0 Å². The Morgan fingerprint density at radius 2 is 1.33 bits per heavy atom. The fourth-order valence-corrected chi connectivity index (χ4v) is 1.78. The molecule has 86 valence electrons. The van der Waals surface area contributed by atoms with Gasteiger partial charge in [-0.2, -0.15) is 0 Å². The molecule has 0 saturated heterocycles. The van der Waals surface area contributed by atoms with Crippen molar-refractivity contribution in [2.45, 2.75) is 5.11 Å². The van der Waals surface area contributed by atoms with E-state index in [1.54, 1.807) is 0 Å². The topological polar surface area (TPSA) is 49.3 Å². The van der Waals surface area contributed by atoms with Gasteiger partial charge in [0.05, 0.1) is 0 Å². The molecule has 0 fully saturated rings. The molecule has 0 spiro atoms. The molecule has 2 N–H and O–H groups in total. The van der Waals surface area contributed by atoms with Gasteiger partial charge in [-0.05, 0) is 5.11 Å². The van der Waals surface area contributed by atoms with Crippen molar-refractivity contribution in [3.05, 3.63) is 0 Å². The van der Waals surface area contributed by atoms with E-state index in [2.05, 4.69) is 5.32 Å². The third kappa shape index (κ3) is 2.68. The number of aromatic hydroxyl groups is 1. The Morgan fingerprint density at radius 1 is 0.944 bits per heavy atom. The molecule has 1 aromatic carbocycles. The molecule has 10 heteroatoms. The molecular formula is C8H16B7NO2. The molecule has 0 radical (unpaired) electrons. The fraction of sp³-hybridized carbons (Fsp3) is 0.125. The molecular weight excluding hydrogens is 218 g/mol. The first kappa shape index (κ1) is 15.0. The van der Waals surface area contributed by atoms with Crippen molar-refractivity contribution in [3.8, 4) is 5.75 Å². The number of rotatable bonds is 2. The third-order valence-electron chi connectivity index (χ3n) is 3.51. The lowest BCUT2D eigenvalue weighted by Crippen LogP contribution is -2.45. The third-order valence-corrected chi connectivity index (χ3v) is 3.51. The molecule has 0 aliphatic heterocycles. The quantitative estimate of drug-likeness (QED) is 0.394. The van der Waals surface area contributed by atoms with Crippen LogP contribution in [-0.4, -0.2) is 65.9 Å². The van der Waals surface area contributed by atoms with E-state index in [1.165, 1.54) is 0 Å². The SMILES string of the molecule is Bc1c(B)c(NC(=O)C(B)(B)B)c(B)c(B)c1O. The summed E-state index contributed by atoms with van der Waals surface area (Å²) in [6.45, 7) is 0. The Labute approximate surface area is 115 Å². The minimum absolute atomic E-state index is 0.0156. The molecule has 0 aliphatic carbocycles. The average molecular weight is 234 g/mol. The summed E-state index contributed by atoms with van der Waals surface area (Å²) in [5.41, 5.74) is 4.31. The van der Waals surface area contributed by atoms with Gasteiger partial charge in [0.15, 0.2) is 0 Å². The van der Waals surface area contributed by atoms with Gasteiger partial charge in [-0.1, -0.05) is 21.9 Å². The van der Waals surface area contributed by atoms with Crippen LogP contribution in [0.5, 0.6) is 5.75 Å². The van der Waals surface area contributed by atoms with Crippen molar-refractivity contribution < 1.29 is 9.90 Å². The summed E-state index contributed by atoms with van der Waals surface area (Å²) >= 11 is 0. The molecule has 0 atom stereocenters. The number of anilines is 1. The van der Waals surface area contributed by atoms with Crippen molar-refractivity contribution in [3.63, 3.8) is 0 Å². The second kappa shape index (κ2) is 4.90. The van der Waals surface area contributed by atoms with Crippen LogP contribution in [0.1, 0.15) is 0 Å². The van der Waals surface area contributed by atoms with Crippen molar-refractivity contribution in [1.82, 2.24) is 0 Å². The number of nitrogens with one attached hydrogen (secondary N) is 1. The Morgan fingerprint density at radius 3 is 1.67 bits per heavy atom. The van der Waals surface area contributed by atoms with Gasteiger partial charge < -0.3 is 10.4 Å². The summed E-state index contributed by atoms with van der Waals surface area (Å²) in [4.78, 5) is 12.1. The van der Waals surface area contributed by atoms with Crippen LogP contribution in [0.15, 0.2) is 0 Å². The van der Waals surface area contributed by atoms with Crippen LogP contribution in [0.4, 0.5) is 5.69 Å². The van der Waals surface area contributed by atoms with Gasteiger partial charge in [-0.15, -0.1) is 0 Å². The number of amides is 1. The molecule has 18 heavy (non-hydrogen) atoms. The van der Waals surface area contributed by atoms with Gasteiger partial charge in [0.25, 0.3) is 0 Å². The van der Waals surface area contributed by atoms with E-state index >= 15 is 0 Å². The van der Waals surface area contributed by atoms with Gasteiger partial charge in [-0.25, -0.2) is 0 Å². The van der Waals surface area contributed by atoms with Crippen molar-refractivity contribution in [2.24, 2.45) is 0 Å². The van der Waals surface area contributed by atoms with Gasteiger partial charge in [-0.3, -0.25) is 4.79 Å². The number of phenolic OH excluding ortho intramolecular Hbond substituents is 1. The van der Waals surface area contributed by atoms with Crippen molar-refractivity contribution in [1.29, 1.82) is 0 Å². The molecule has 0 bridgehead atoms. The summed E-state index contributed by atoms with van der Waals surface area (Å²) in [5, 5.41) is 12.5. The lowest BCUT2D eigenvalue weighted by Gasteiger charge is -2.23. The molecule has 1 aromatic rings. The van der Waals surface area contributed by atoms with Gasteiger partial charge in [0, 0.05) is 5.69 Å². The van der Waals surface area contributed by atoms with Crippen LogP contribution < -0.4 is 27.2 Å². The number of hydrogen-bond donors (Lipinski definition) is 2. The Kier molecular flexibility index (Phi) is 4.09. The fourth-order valence-electron chi connectivity index (χ4n) is 1.78. The highest BCUT2D eigenvalue weighted by Crippen LogP contribution is 2.12. The molecule has 1 rings (SSSR count). The first-order chi connectivity index (χ1) is 8.07. The summed E-state index contributed by atoms with van der Waals surface area (Å²) < 4.78 is 0.